The highest BCUT2D eigenvalue weighted by atomic mass is 16.7. The lowest BCUT2D eigenvalue weighted by Gasteiger charge is -2.32. The first-order valence-corrected chi connectivity index (χ1v) is 22.2. The van der Waals surface area contributed by atoms with Crippen LogP contribution >= 0.6 is 0 Å². The topological polar surface area (TPSA) is 182 Å². The van der Waals surface area contributed by atoms with Crippen molar-refractivity contribution in [3.8, 4) is 34.1 Å². The van der Waals surface area contributed by atoms with E-state index in [1.165, 1.54) is 25.7 Å². The third kappa shape index (κ3) is 16.3. The van der Waals surface area contributed by atoms with E-state index in [1.807, 2.05) is 92.7 Å². The molecule has 0 unspecified atom stereocenters. The normalized spacial score (nSPS) is 12.2. The van der Waals surface area contributed by atoms with Gasteiger partial charge in [0, 0.05) is 28.2 Å². The Labute approximate surface area is 407 Å². The Morgan fingerprint density at radius 2 is 1.04 bits per heavy atom. The molecule has 368 valence electrons. The number of hydrogen-bond donors (Lipinski definition) is 0. The Morgan fingerprint density at radius 3 is 1.54 bits per heavy atom. The molecule has 0 aliphatic carbocycles. The minimum atomic E-state index is -1.28. The van der Waals surface area contributed by atoms with E-state index >= 15 is 0 Å². The van der Waals surface area contributed by atoms with Gasteiger partial charge in [0.05, 0.1) is 5.39 Å². The molecule has 0 radical (unpaired) electrons. The molecule has 0 saturated carbocycles. The van der Waals surface area contributed by atoms with Crippen molar-refractivity contribution in [2.75, 3.05) is 52.9 Å². The van der Waals surface area contributed by atoms with E-state index in [2.05, 4.69) is 26.3 Å². The molecule has 4 aromatic carbocycles. The highest BCUT2D eigenvalue weighted by Gasteiger charge is 2.38. The van der Waals surface area contributed by atoms with Crippen molar-refractivity contribution in [1.29, 1.82) is 0 Å². The molecule has 0 spiro atoms. The lowest BCUT2D eigenvalue weighted by atomic mass is 9.92. The molecule has 1 saturated heterocycles. The van der Waals surface area contributed by atoms with Gasteiger partial charge in [0.2, 0.25) is 0 Å². The maximum absolute atomic E-state index is 12.8. The maximum atomic E-state index is 12.8. The SMILES string of the molecule is C=C(C)C(=O)OCC(COC(=O)C(=C)C)(COC(=O)C(=C)CC1COC(=O)OC1)COc1ccc(C)cc1.C=C(C)C(=O)Oc1coc2cc(-c3ccc(OCCOc4ccc(C)cc4)cc3)ccc12. The Hall–Kier alpha value is -8.07. The van der Waals surface area contributed by atoms with Gasteiger partial charge in [-0.3, -0.25) is 0 Å². The van der Waals surface area contributed by atoms with Crippen molar-refractivity contribution in [2.24, 2.45) is 11.3 Å². The maximum Gasteiger partial charge on any atom is 0.508 e. The number of hydrogen-bond acceptors (Lipinski definition) is 15. The molecule has 0 N–H and O–H groups in total. The predicted octanol–water partition coefficient (Wildman–Crippen LogP) is 10.2. The van der Waals surface area contributed by atoms with Crippen LogP contribution in [0, 0.1) is 25.2 Å². The molecule has 70 heavy (non-hydrogen) atoms. The summed E-state index contributed by atoms with van der Waals surface area (Å²) < 4.78 is 54.2. The summed E-state index contributed by atoms with van der Waals surface area (Å²) in [6.45, 7) is 23.1. The van der Waals surface area contributed by atoms with Gasteiger partial charge in [-0.05, 0) is 101 Å². The zero-order valence-corrected chi connectivity index (χ0v) is 40.1. The molecule has 15 heteroatoms. The first-order valence-electron chi connectivity index (χ1n) is 22.2. The first kappa shape index (κ1) is 52.9. The Bertz CT molecular complexity index is 2630. The highest BCUT2D eigenvalue weighted by Crippen LogP contribution is 2.33. The second kappa shape index (κ2) is 25.3. The van der Waals surface area contributed by atoms with E-state index in [0.29, 0.717) is 35.9 Å². The molecule has 2 heterocycles. The summed E-state index contributed by atoms with van der Waals surface area (Å²) in [6, 6.07) is 28.7. The first-order chi connectivity index (χ1) is 33.4. The van der Waals surface area contributed by atoms with Gasteiger partial charge >= 0.3 is 30.0 Å². The molecule has 0 bridgehead atoms. The van der Waals surface area contributed by atoms with Crippen molar-refractivity contribution < 1.29 is 71.0 Å². The van der Waals surface area contributed by atoms with E-state index in [9.17, 15) is 24.0 Å². The fourth-order valence-electron chi connectivity index (χ4n) is 6.28. The fourth-order valence-corrected chi connectivity index (χ4v) is 6.28. The summed E-state index contributed by atoms with van der Waals surface area (Å²) in [4.78, 5) is 60.0. The number of carbonyl (C=O) groups is 5. The fraction of sp³-hybridized carbons (Fsp3) is 0.291. The van der Waals surface area contributed by atoms with Gasteiger partial charge in [-0.15, -0.1) is 0 Å². The summed E-state index contributed by atoms with van der Waals surface area (Å²) >= 11 is 0. The van der Waals surface area contributed by atoms with E-state index in [-0.39, 0.29) is 68.7 Å². The van der Waals surface area contributed by atoms with Gasteiger partial charge in [-0.1, -0.05) is 79.9 Å². The average molecular weight is 959 g/mol. The van der Waals surface area contributed by atoms with Crippen molar-refractivity contribution in [1.82, 2.24) is 0 Å². The van der Waals surface area contributed by atoms with E-state index in [0.717, 1.165) is 33.6 Å². The number of benzene rings is 4. The average Bonchev–Trinajstić information content (AvgIpc) is 3.75. The Balaban J connectivity index is 0.000000264. The van der Waals surface area contributed by atoms with Gasteiger partial charge in [-0.25, -0.2) is 24.0 Å². The van der Waals surface area contributed by atoms with Gasteiger partial charge in [0.1, 0.15) is 87.4 Å². The molecule has 1 aliphatic rings. The number of esters is 4. The van der Waals surface area contributed by atoms with Gasteiger partial charge in [0.25, 0.3) is 0 Å². The van der Waals surface area contributed by atoms with Crippen LogP contribution in [-0.4, -0.2) is 82.9 Å². The van der Waals surface area contributed by atoms with Gasteiger partial charge < -0.3 is 47.0 Å². The van der Waals surface area contributed by atoms with Crippen LogP contribution in [0.4, 0.5) is 4.79 Å². The summed E-state index contributed by atoms with van der Waals surface area (Å²) in [5.41, 5.74) is 4.39. The second-order valence-electron chi connectivity index (χ2n) is 17.0. The van der Waals surface area contributed by atoms with Crippen LogP contribution in [-0.2, 0) is 42.9 Å². The van der Waals surface area contributed by atoms with Crippen LogP contribution in [0.5, 0.6) is 23.0 Å². The zero-order chi connectivity index (χ0) is 50.8. The van der Waals surface area contributed by atoms with E-state index < -0.39 is 35.4 Å². The summed E-state index contributed by atoms with van der Waals surface area (Å²) in [5, 5.41) is 0.733. The van der Waals surface area contributed by atoms with E-state index in [4.69, 9.17) is 47.0 Å². The van der Waals surface area contributed by atoms with Gasteiger partial charge in [0.15, 0.2) is 5.75 Å². The minimum absolute atomic E-state index is 0.0904. The molecule has 0 amide bonds. The zero-order valence-electron chi connectivity index (χ0n) is 40.1. The van der Waals surface area contributed by atoms with Crippen molar-refractivity contribution in [2.45, 2.75) is 41.0 Å². The monoisotopic (exact) mass is 958 g/mol. The standard InChI is InChI=1S/C28H34O10.C27H24O5/c1-18(2)24(29)36-15-28(16-37-25(30)19(3)4,14-35-23-9-7-20(5)8-10-23)17-38-26(31)21(6)11-22-12-33-27(32)34-13-22;1-18(2)27(28)32-26-17-31-25-16-21(8-13-24(25)26)20-6-11-23(12-7-20)30-15-14-29-22-9-4-19(3)5-10-22/h7-10,22H,1,3,6,11-17H2,2,4-5H3;4-13,16-17H,1,14-15H2,2-3H3. The predicted molar refractivity (Wildman–Crippen MR) is 260 cm³/mol. The second-order valence-corrected chi connectivity index (χ2v) is 17.0. The highest BCUT2D eigenvalue weighted by molar-refractivity contribution is 5.94. The third-order valence-corrected chi connectivity index (χ3v) is 10.4. The lowest BCUT2D eigenvalue weighted by molar-refractivity contribution is -0.159. The van der Waals surface area contributed by atoms with Crippen molar-refractivity contribution in [3.05, 3.63) is 157 Å². The molecule has 1 aliphatic heterocycles. The van der Waals surface area contributed by atoms with Crippen molar-refractivity contribution >= 4 is 41.0 Å². The smallest absolute Gasteiger partial charge is 0.493 e. The number of furan rings is 1. The number of cyclic esters (lactones) is 2. The molecular formula is C55H58O15. The van der Waals surface area contributed by atoms with Crippen LogP contribution in [0.2, 0.25) is 0 Å². The Kier molecular flexibility index (Phi) is 19.1. The van der Waals surface area contributed by atoms with Gasteiger partial charge in [-0.2, -0.15) is 0 Å². The number of aryl methyl sites for hydroxylation is 2. The minimum Gasteiger partial charge on any atom is -0.493 e. The Morgan fingerprint density at radius 1 is 0.586 bits per heavy atom. The lowest BCUT2D eigenvalue weighted by Crippen LogP contribution is -2.44. The van der Waals surface area contributed by atoms with Crippen molar-refractivity contribution in [3.63, 3.8) is 0 Å². The number of carbonyl (C=O) groups excluding carboxylic acids is 5. The molecule has 1 fully saturated rings. The van der Waals surface area contributed by atoms with Crippen LogP contribution in [0.3, 0.4) is 0 Å². The van der Waals surface area contributed by atoms with Crippen LogP contribution in [0.15, 0.2) is 150 Å². The molecule has 1 aromatic heterocycles. The number of ether oxygens (including phenoxy) is 9. The van der Waals surface area contributed by atoms with Crippen LogP contribution < -0.4 is 18.9 Å². The summed E-state index contributed by atoms with van der Waals surface area (Å²) in [7, 11) is 0. The third-order valence-electron chi connectivity index (χ3n) is 10.4. The molecule has 0 atom stereocenters. The number of fused-ring (bicyclic) bond motifs is 1. The largest absolute Gasteiger partial charge is 0.508 e. The molecule has 5 aromatic rings. The van der Waals surface area contributed by atoms with Crippen LogP contribution in [0.1, 0.15) is 38.3 Å². The molecule has 15 nitrogen and oxygen atoms in total. The molecule has 6 rings (SSSR count). The van der Waals surface area contributed by atoms with E-state index in [1.54, 1.807) is 19.1 Å². The van der Waals surface area contributed by atoms with Crippen LogP contribution in [0.25, 0.3) is 22.1 Å². The summed E-state index contributed by atoms with van der Waals surface area (Å²) in [6.07, 6.45) is 0.848. The summed E-state index contributed by atoms with van der Waals surface area (Å²) in [5.74, 6) is -0.283. The quantitative estimate of drug-likeness (QED) is 0.0276. The number of rotatable bonds is 22. The molecular weight excluding hydrogens is 901 g/mol.